The van der Waals surface area contributed by atoms with E-state index in [1.54, 1.807) is 13.8 Å². The highest BCUT2D eigenvalue weighted by Gasteiger charge is 2.26. The summed E-state index contributed by atoms with van der Waals surface area (Å²) in [5.74, 6) is -4.23. The molecule has 0 aliphatic carbocycles. The first kappa shape index (κ1) is 14.4. The molecule has 1 rings (SSSR count). The minimum atomic E-state index is -1.53. The molecule has 0 saturated carbocycles. The number of aliphatic hydroxyl groups excluding tert-OH is 1. The number of benzene rings is 1. The Bertz CT molecular complexity index is 473. The van der Waals surface area contributed by atoms with Crippen molar-refractivity contribution in [3.05, 3.63) is 29.3 Å². The number of nitrogens with one attached hydrogen (secondary N) is 1. The van der Waals surface area contributed by atoms with E-state index in [1.807, 2.05) is 0 Å². The van der Waals surface area contributed by atoms with E-state index in [9.17, 15) is 18.7 Å². The van der Waals surface area contributed by atoms with Crippen molar-refractivity contribution in [1.29, 1.82) is 0 Å². The second kappa shape index (κ2) is 4.89. The van der Waals surface area contributed by atoms with E-state index in [4.69, 9.17) is 5.11 Å². The molecular weight excluding hydrogens is 244 g/mol. The molecule has 3 N–H and O–H groups in total. The standard InChI is InChI=1S/C12H15F2NO3/c1-6(16)12(2,3)15-8-5-4-7(11(17)18)9(13)10(8)14/h4-6,15-16H,1-3H3,(H,17,18). The van der Waals surface area contributed by atoms with E-state index in [2.05, 4.69) is 5.32 Å². The van der Waals surface area contributed by atoms with E-state index in [-0.39, 0.29) is 5.69 Å². The molecule has 100 valence electrons. The van der Waals surface area contributed by atoms with E-state index in [0.29, 0.717) is 0 Å². The third kappa shape index (κ3) is 2.76. The van der Waals surface area contributed by atoms with Gasteiger partial charge in [0, 0.05) is 0 Å². The molecule has 1 unspecified atom stereocenters. The fraction of sp³-hybridized carbons (Fsp3) is 0.417. The zero-order valence-corrected chi connectivity index (χ0v) is 10.3. The smallest absolute Gasteiger partial charge is 0.338 e. The Labute approximate surface area is 103 Å². The number of carboxylic acid groups (broad SMARTS) is 1. The van der Waals surface area contributed by atoms with Gasteiger partial charge in [-0.3, -0.25) is 0 Å². The first-order valence-corrected chi connectivity index (χ1v) is 5.34. The fourth-order valence-corrected chi connectivity index (χ4v) is 1.26. The second-order valence-corrected chi connectivity index (χ2v) is 4.62. The third-order valence-corrected chi connectivity index (χ3v) is 2.81. The van der Waals surface area contributed by atoms with Crippen LogP contribution in [0.3, 0.4) is 0 Å². The Kier molecular flexibility index (Phi) is 3.91. The molecular formula is C12H15F2NO3. The predicted molar refractivity (Wildman–Crippen MR) is 62.7 cm³/mol. The van der Waals surface area contributed by atoms with Crippen LogP contribution in [0.25, 0.3) is 0 Å². The van der Waals surface area contributed by atoms with Gasteiger partial charge in [0.1, 0.15) is 0 Å². The van der Waals surface area contributed by atoms with Crippen LogP contribution in [-0.2, 0) is 0 Å². The van der Waals surface area contributed by atoms with Crippen molar-refractivity contribution in [2.75, 3.05) is 5.32 Å². The lowest BCUT2D eigenvalue weighted by Gasteiger charge is -2.30. The minimum absolute atomic E-state index is 0.191. The monoisotopic (exact) mass is 259 g/mol. The van der Waals surface area contributed by atoms with Gasteiger partial charge in [-0.1, -0.05) is 0 Å². The SMILES string of the molecule is CC(O)C(C)(C)Nc1ccc(C(=O)O)c(F)c1F. The predicted octanol–water partition coefficient (Wildman–Crippen LogP) is 2.23. The number of carboxylic acids is 1. The number of aromatic carboxylic acids is 1. The molecule has 0 aliphatic heterocycles. The zero-order chi connectivity index (χ0) is 14.1. The lowest BCUT2D eigenvalue weighted by molar-refractivity contribution is 0.0690. The van der Waals surface area contributed by atoms with Crippen LogP contribution in [-0.4, -0.2) is 27.8 Å². The van der Waals surface area contributed by atoms with Crippen LogP contribution in [0.15, 0.2) is 12.1 Å². The Morgan fingerprint density at radius 3 is 2.33 bits per heavy atom. The fourth-order valence-electron chi connectivity index (χ4n) is 1.26. The van der Waals surface area contributed by atoms with Crippen molar-refractivity contribution < 1.29 is 23.8 Å². The molecule has 0 bridgehead atoms. The number of rotatable bonds is 4. The Balaban J connectivity index is 3.14. The van der Waals surface area contributed by atoms with Crippen molar-refractivity contribution in [1.82, 2.24) is 0 Å². The molecule has 0 aliphatic rings. The molecule has 0 amide bonds. The number of anilines is 1. The average Bonchev–Trinajstić information content (AvgIpc) is 2.24. The average molecular weight is 259 g/mol. The van der Waals surface area contributed by atoms with Gasteiger partial charge in [0.2, 0.25) is 0 Å². The van der Waals surface area contributed by atoms with Crippen molar-refractivity contribution in [2.24, 2.45) is 0 Å². The van der Waals surface area contributed by atoms with Gasteiger partial charge in [-0.05, 0) is 32.9 Å². The van der Waals surface area contributed by atoms with Gasteiger partial charge >= 0.3 is 5.97 Å². The van der Waals surface area contributed by atoms with Crippen molar-refractivity contribution >= 4 is 11.7 Å². The highest BCUT2D eigenvalue weighted by atomic mass is 19.2. The highest BCUT2D eigenvalue weighted by molar-refractivity contribution is 5.88. The highest BCUT2D eigenvalue weighted by Crippen LogP contribution is 2.25. The summed E-state index contributed by atoms with van der Waals surface area (Å²) < 4.78 is 27.1. The molecule has 4 nitrogen and oxygen atoms in total. The van der Waals surface area contributed by atoms with Gasteiger partial charge in [-0.15, -0.1) is 0 Å². The topological polar surface area (TPSA) is 69.6 Å². The normalized spacial score (nSPS) is 13.2. The van der Waals surface area contributed by atoms with Crippen molar-refractivity contribution in [3.8, 4) is 0 Å². The number of halogens is 2. The Morgan fingerprint density at radius 1 is 1.33 bits per heavy atom. The number of aliphatic hydroxyl groups is 1. The Morgan fingerprint density at radius 2 is 1.89 bits per heavy atom. The molecule has 6 heteroatoms. The van der Waals surface area contributed by atoms with Crippen LogP contribution in [0, 0.1) is 11.6 Å². The molecule has 0 saturated heterocycles. The van der Waals surface area contributed by atoms with Gasteiger partial charge < -0.3 is 15.5 Å². The van der Waals surface area contributed by atoms with Crippen molar-refractivity contribution in [2.45, 2.75) is 32.4 Å². The molecule has 1 atom stereocenters. The number of hydrogen-bond acceptors (Lipinski definition) is 3. The van der Waals surface area contributed by atoms with E-state index < -0.39 is 34.8 Å². The first-order chi connectivity index (χ1) is 8.16. The van der Waals surface area contributed by atoms with E-state index >= 15 is 0 Å². The molecule has 0 radical (unpaired) electrons. The van der Waals surface area contributed by atoms with Crippen LogP contribution < -0.4 is 5.32 Å². The summed E-state index contributed by atoms with van der Waals surface area (Å²) in [4.78, 5) is 10.6. The van der Waals surface area contributed by atoms with Gasteiger partial charge in [-0.2, -0.15) is 0 Å². The Hall–Kier alpha value is -1.69. The maximum atomic E-state index is 13.6. The summed E-state index contributed by atoms with van der Waals surface area (Å²) in [5.41, 5.74) is -1.80. The number of hydrogen-bond donors (Lipinski definition) is 3. The maximum absolute atomic E-state index is 13.6. The summed E-state index contributed by atoms with van der Waals surface area (Å²) in [6, 6.07) is 2.10. The van der Waals surface area contributed by atoms with Gasteiger partial charge in [0.15, 0.2) is 11.6 Å². The lowest BCUT2D eigenvalue weighted by atomic mass is 9.98. The number of carbonyl (C=O) groups is 1. The molecule has 18 heavy (non-hydrogen) atoms. The van der Waals surface area contributed by atoms with Gasteiger partial charge in [0.25, 0.3) is 0 Å². The van der Waals surface area contributed by atoms with Crippen LogP contribution >= 0.6 is 0 Å². The molecule has 0 spiro atoms. The lowest BCUT2D eigenvalue weighted by Crippen LogP contribution is -2.42. The zero-order valence-electron chi connectivity index (χ0n) is 10.3. The summed E-state index contributed by atoms with van der Waals surface area (Å²) in [6.07, 6.45) is -0.806. The van der Waals surface area contributed by atoms with Crippen LogP contribution in [0.1, 0.15) is 31.1 Å². The second-order valence-electron chi connectivity index (χ2n) is 4.62. The van der Waals surface area contributed by atoms with E-state index in [1.165, 1.54) is 6.92 Å². The molecule has 1 aromatic rings. The summed E-state index contributed by atoms with van der Waals surface area (Å²) in [7, 11) is 0. The van der Waals surface area contributed by atoms with Gasteiger partial charge in [0.05, 0.1) is 22.9 Å². The summed E-state index contributed by atoms with van der Waals surface area (Å²) >= 11 is 0. The minimum Gasteiger partial charge on any atom is -0.478 e. The molecule has 0 aromatic heterocycles. The first-order valence-electron chi connectivity index (χ1n) is 5.34. The summed E-state index contributed by atoms with van der Waals surface area (Å²) in [6.45, 7) is 4.73. The van der Waals surface area contributed by atoms with E-state index in [0.717, 1.165) is 12.1 Å². The maximum Gasteiger partial charge on any atom is 0.338 e. The largest absolute Gasteiger partial charge is 0.478 e. The van der Waals surface area contributed by atoms with Crippen LogP contribution in [0.5, 0.6) is 0 Å². The quantitative estimate of drug-likeness (QED) is 0.775. The molecule has 1 aromatic carbocycles. The van der Waals surface area contributed by atoms with Crippen LogP contribution in [0.2, 0.25) is 0 Å². The summed E-state index contributed by atoms with van der Waals surface area (Å²) in [5, 5.41) is 20.7. The third-order valence-electron chi connectivity index (χ3n) is 2.81. The van der Waals surface area contributed by atoms with Crippen LogP contribution in [0.4, 0.5) is 14.5 Å². The molecule has 0 heterocycles. The molecule has 0 fully saturated rings. The van der Waals surface area contributed by atoms with Crippen molar-refractivity contribution in [3.63, 3.8) is 0 Å². The van der Waals surface area contributed by atoms with Gasteiger partial charge in [-0.25, -0.2) is 13.6 Å².